The lowest BCUT2D eigenvalue weighted by atomic mass is 10.1. The second-order valence-corrected chi connectivity index (χ2v) is 8.28. The lowest BCUT2D eigenvalue weighted by Gasteiger charge is -2.12. The molecule has 1 aromatic heterocycles. The molecule has 0 atom stereocenters. The molecule has 35 heavy (non-hydrogen) atoms. The molecule has 8 heteroatoms. The Balaban J connectivity index is 1.56. The number of halogens is 2. The van der Waals surface area contributed by atoms with Crippen LogP contribution in [0.5, 0.6) is 11.5 Å². The molecule has 176 valence electrons. The van der Waals surface area contributed by atoms with Crippen LogP contribution in [-0.4, -0.2) is 21.0 Å². The fraction of sp³-hybridized carbons (Fsp3) is 0.0741. The summed E-state index contributed by atoms with van der Waals surface area (Å²) in [5.74, 6) is 0.465. The van der Waals surface area contributed by atoms with Crippen LogP contribution >= 0.6 is 23.2 Å². The molecule has 0 aliphatic heterocycles. The van der Waals surface area contributed by atoms with Gasteiger partial charge in [0.2, 0.25) is 0 Å². The summed E-state index contributed by atoms with van der Waals surface area (Å²) in [6, 6.07) is 20.4. The van der Waals surface area contributed by atoms with Crippen molar-refractivity contribution in [3.8, 4) is 11.5 Å². The summed E-state index contributed by atoms with van der Waals surface area (Å²) in [5, 5.41) is 10.3. The van der Waals surface area contributed by atoms with E-state index in [0.29, 0.717) is 27.4 Å². The molecule has 0 fully saturated rings. The van der Waals surface area contributed by atoms with Crippen molar-refractivity contribution in [2.24, 2.45) is 0 Å². The molecule has 1 heterocycles. The van der Waals surface area contributed by atoms with Gasteiger partial charge in [0.25, 0.3) is 0 Å². The number of aromatic carboxylic acids is 1. The highest BCUT2D eigenvalue weighted by atomic mass is 35.5. The minimum atomic E-state index is -1.08. The van der Waals surface area contributed by atoms with Crippen LogP contribution in [0, 0.1) is 0 Å². The van der Waals surface area contributed by atoms with Gasteiger partial charge in [0.05, 0.1) is 5.56 Å². The van der Waals surface area contributed by atoms with Crippen molar-refractivity contribution in [1.82, 2.24) is 9.97 Å². The third-order valence-electron chi connectivity index (χ3n) is 4.95. The molecular weight excluding hydrogens is 487 g/mol. The fourth-order valence-corrected chi connectivity index (χ4v) is 3.50. The Morgan fingerprint density at radius 1 is 0.800 bits per heavy atom. The average molecular weight is 507 g/mol. The molecule has 1 N–H and O–H groups in total. The molecule has 0 aliphatic carbocycles. The maximum absolute atomic E-state index is 11.0. The molecule has 0 saturated heterocycles. The van der Waals surface area contributed by atoms with Crippen molar-refractivity contribution in [3.63, 3.8) is 0 Å². The zero-order chi connectivity index (χ0) is 24.6. The Hall–Kier alpha value is -3.87. The Kier molecular flexibility index (Phi) is 7.98. The van der Waals surface area contributed by atoms with Crippen LogP contribution in [0.3, 0.4) is 0 Å². The van der Waals surface area contributed by atoms with Crippen molar-refractivity contribution < 1.29 is 19.4 Å². The van der Waals surface area contributed by atoms with Gasteiger partial charge in [-0.25, -0.2) is 14.8 Å². The molecule has 4 aromatic rings. The number of ether oxygens (including phenoxy) is 2. The SMILES string of the molecule is O=C(O)c1cnc(/C=C/c2cc(OCc3ccccc3Cl)cc(OCc3ccccc3Cl)c2)nc1. The fourth-order valence-electron chi connectivity index (χ4n) is 3.11. The number of aromatic nitrogens is 2. The van der Waals surface area contributed by atoms with Gasteiger partial charge in [0.15, 0.2) is 5.82 Å². The first-order chi connectivity index (χ1) is 17.0. The summed E-state index contributed by atoms with van der Waals surface area (Å²) < 4.78 is 12.0. The predicted octanol–water partition coefficient (Wildman–Crippen LogP) is 6.81. The topological polar surface area (TPSA) is 81.5 Å². The van der Waals surface area contributed by atoms with Crippen molar-refractivity contribution in [2.75, 3.05) is 0 Å². The van der Waals surface area contributed by atoms with Crippen LogP contribution in [0.2, 0.25) is 10.0 Å². The monoisotopic (exact) mass is 506 g/mol. The van der Waals surface area contributed by atoms with E-state index in [1.165, 1.54) is 12.4 Å². The largest absolute Gasteiger partial charge is 0.489 e. The zero-order valence-corrected chi connectivity index (χ0v) is 19.9. The first-order valence-electron chi connectivity index (χ1n) is 10.6. The van der Waals surface area contributed by atoms with Gasteiger partial charge in [-0.2, -0.15) is 0 Å². The minimum Gasteiger partial charge on any atom is -0.489 e. The zero-order valence-electron chi connectivity index (χ0n) is 18.4. The molecule has 3 aromatic carbocycles. The number of hydrogen-bond donors (Lipinski definition) is 1. The molecule has 0 spiro atoms. The second kappa shape index (κ2) is 11.5. The number of rotatable bonds is 9. The van der Waals surface area contributed by atoms with E-state index in [-0.39, 0.29) is 18.8 Å². The summed E-state index contributed by atoms with van der Waals surface area (Å²) in [5.41, 5.74) is 2.52. The van der Waals surface area contributed by atoms with Gasteiger partial charge in [0.1, 0.15) is 24.7 Å². The van der Waals surface area contributed by atoms with Gasteiger partial charge in [-0.1, -0.05) is 65.7 Å². The summed E-state index contributed by atoms with van der Waals surface area (Å²) in [7, 11) is 0. The molecule has 0 bridgehead atoms. The van der Waals surface area contributed by atoms with E-state index in [9.17, 15) is 4.79 Å². The smallest absolute Gasteiger partial charge is 0.338 e. The maximum atomic E-state index is 11.0. The number of hydrogen-bond acceptors (Lipinski definition) is 5. The van der Waals surface area contributed by atoms with Gasteiger partial charge in [-0.15, -0.1) is 0 Å². The van der Waals surface area contributed by atoms with Crippen LogP contribution in [0.1, 0.15) is 32.9 Å². The highest BCUT2D eigenvalue weighted by Gasteiger charge is 2.07. The van der Waals surface area contributed by atoms with Crippen molar-refractivity contribution in [1.29, 1.82) is 0 Å². The number of carboxylic acids is 1. The highest BCUT2D eigenvalue weighted by Crippen LogP contribution is 2.27. The summed E-state index contributed by atoms with van der Waals surface area (Å²) in [6.07, 6.45) is 5.99. The van der Waals surface area contributed by atoms with E-state index in [4.69, 9.17) is 37.8 Å². The Morgan fingerprint density at radius 3 is 1.80 bits per heavy atom. The third kappa shape index (κ3) is 6.82. The van der Waals surface area contributed by atoms with E-state index in [0.717, 1.165) is 16.7 Å². The van der Waals surface area contributed by atoms with E-state index in [2.05, 4.69) is 9.97 Å². The molecule has 0 radical (unpaired) electrons. The van der Waals surface area contributed by atoms with E-state index < -0.39 is 5.97 Å². The minimum absolute atomic E-state index is 0.0207. The van der Waals surface area contributed by atoms with Crippen molar-refractivity contribution >= 4 is 41.3 Å². The normalized spacial score (nSPS) is 10.9. The number of nitrogens with zero attached hydrogens (tertiary/aromatic N) is 2. The first-order valence-corrected chi connectivity index (χ1v) is 11.3. The van der Waals surface area contributed by atoms with Gasteiger partial charge >= 0.3 is 5.97 Å². The second-order valence-electron chi connectivity index (χ2n) is 7.47. The number of carbonyl (C=O) groups is 1. The molecule has 0 saturated carbocycles. The summed E-state index contributed by atoms with van der Waals surface area (Å²) in [4.78, 5) is 19.1. The Morgan fingerprint density at radius 2 is 1.31 bits per heavy atom. The third-order valence-corrected chi connectivity index (χ3v) is 5.69. The molecule has 0 aliphatic rings. The number of benzene rings is 3. The van der Waals surface area contributed by atoms with Gasteiger partial charge < -0.3 is 14.6 Å². The standard InChI is InChI=1S/C27H20Cl2N2O4/c28-24-7-3-1-5-19(24)16-34-22-11-18(9-10-26-30-14-21(15-31-26)27(32)33)12-23(13-22)35-17-20-6-2-4-8-25(20)29/h1-15H,16-17H2,(H,32,33)/b10-9+. The van der Waals surface area contributed by atoms with Crippen LogP contribution < -0.4 is 9.47 Å². The quantitative estimate of drug-likeness (QED) is 0.268. The van der Waals surface area contributed by atoms with E-state index in [1.807, 2.05) is 60.7 Å². The van der Waals surface area contributed by atoms with Crippen LogP contribution in [0.25, 0.3) is 12.2 Å². The van der Waals surface area contributed by atoms with Crippen LogP contribution in [-0.2, 0) is 13.2 Å². The van der Waals surface area contributed by atoms with E-state index >= 15 is 0 Å². The van der Waals surface area contributed by atoms with Gasteiger partial charge in [-0.05, 0) is 35.9 Å². The van der Waals surface area contributed by atoms with Crippen molar-refractivity contribution in [2.45, 2.75) is 13.2 Å². The highest BCUT2D eigenvalue weighted by molar-refractivity contribution is 6.31. The Labute approximate surface area is 212 Å². The molecular formula is C27H20Cl2N2O4. The lowest BCUT2D eigenvalue weighted by molar-refractivity contribution is 0.0696. The van der Waals surface area contributed by atoms with Crippen molar-refractivity contribution in [3.05, 3.63) is 117 Å². The maximum Gasteiger partial charge on any atom is 0.338 e. The van der Waals surface area contributed by atoms with Crippen LogP contribution in [0.4, 0.5) is 0 Å². The van der Waals surface area contributed by atoms with Crippen LogP contribution in [0.15, 0.2) is 79.1 Å². The Bertz CT molecular complexity index is 1290. The average Bonchev–Trinajstić information content (AvgIpc) is 2.87. The first kappa shape index (κ1) is 24.3. The lowest BCUT2D eigenvalue weighted by Crippen LogP contribution is -2.00. The molecule has 6 nitrogen and oxygen atoms in total. The molecule has 0 amide bonds. The molecule has 0 unspecified atom stereocenters. The summed E-state index contributed by atoms with van der Waals surface area (Å²) in [6.45, 7) is 0.576. The van der Waals surface area contributed by atoms with Gasteiger partial charge in [-0.3, -0.25) is 0 Å². The van der Waals surface area contributed by atoms with E-state index in [1.54, 1.807) is 18.2 Å². The predicted molar refractivity (Wildman–Crippen MR) is 136 cm³/mol. The summed E-state index contributed by atoms with van der Waals surface area (Å²) >= 11 is 12.5. The number of carboxylic acid groups (broad SMARTS) is 1. The molecule has 4 rings (SSSR count). The van der Waals surface area contributed by atoms with Gasteiger partial charge in [0, 0.05) is 39.6 Å².